The molecule has 0 aliphatic heterocycles. The molecule has 1 nitrogen and oxygen atoms in total. The van der Waals surface area contributed by atoms with E-state index in [0.717, 1.165) is 6.26 Å². The summed E-state index contributed by atoms with van der Waals surface area (Å²) < 4.78 is 0. The molecule has 0 saturated carbocycles. The maximum Gasteiger partial charge on any atom is 0.0791 e. The predicted octanol–water partition coefficient (Wildman–Crippen LogP) is 6.87. The minimum Gasteiger partial charge on any atom is -0.516 e. The van der Waals surface area contributed by atoms with Gasteiger partial charge in [-0.05, 0) is 18.9 Å². The molecule has 116 valence electrons. The summed E-state index contributed by atoms with van der Waals surface area (Å²) in [7, 11) is 0. The lowest BCUT2D eigenvalue weighted by Crippen LogP contribution is -1.81. The van der Waals surface area contributed by atoms with Gasteiger partial charge in [0.05, 0.1) is 6.26 Å². The molecule has 0 radical (unpaired) electrons. The highest BCUT2D eigenvalue weighted by Crippen LogP contribution is 2.11. The molecule has 0 rings (SSSR count). The SMILES string of the molecule is CCCCCCCCCCCCC/C=C/C=C/C=C/O. The predicted molar refractivity (Wildman–Crippen MR) is 91.1 cm³/mol. The van der Waals surface area contributed by atoms with E-state index in [0.29, 0.717) is 0 Å². The maximum atomic E-state index is 8.43. The smallest absolute Gasteiger partial charge is 0.0791 e. The Morgan fingerprint density at radius 2 is 1.10 bits per heavy atom. The van der Waals surface area contributed by atoms with Gasteiger partial charge in [-0.3, -0.25) is 0 Å². The number of unbranched alkanes of at least 4 members (excludes halogenated alkanes) is 11. The lowest BCUT2D eigenvalue weighted by Gasteiger charge is -2.01. The van der Waals surface area contributed by atoms with Crippen molar-refractivity contribution < 1.29 is 5.11 Å². The zero-order valence-electron chi connectivity index (χ0n) is 13.4. The molecule has 0 amide bonds. The van der Waals surface area contributed by atoms with Gasteiger partial charge in [-0.15, -0.1) is 0 Å². The van der Waals surface area contributed by atoms with Gasteiger partial charge in [0, 0.05) is 0 Å². The average Bonchev–Trinajstić information content (AvgIpc) is 2.47. The summed E-state index contributed by atoms with van der Waals surface area (Å²) >= 11 is 0. The number of allylic oxidation sites excluding steroid dienone is 5. The molecule has 0 aliphatic carbocycles. The molecule has 0 spiro atoms. The van der Waals surface area contributed by atoms with E-state index in [1.54, 1.807) is 6.08 Å². The van der Waals surface area contributed by atoms with Gasteiger partial charge < -0.3 is 5.11 Å². The van der Waals surface area contributed by atoms with Crippen LogP contribution in [-0.2, 0) is 0 Å². The molecule has 0 bridgehead atoms. The first-order valence-electron chi connectivity index (χ1n) is 8.54. The molecule has 0 aromatic heterocycles. The van der Waals surface area contributed by atoms with Crippen molar-refractivity contribution in [3.63, 3.8) is 0 Å². The summed E-state index contributed by atoms with van der Waals surface area (Å²) in [5.74, 6) is 0. The topological polar surface area (TPSA) is 20.2 Å². The Kier molecular flexibility index (Phi) is 17.1. The van der Waals surface area contributed by atoms with E-state index in [9.17, 15) is 0 Å². The van der Waals surface area contributed by atoms with Gasteiger partial charge in [0.25, 0.3) is 0 Å². The van der Waals surface area contributed by atoms with Gasteiger partial charge in [-0.25, -0.2) is 0 Å². The molecule has 0 aromatic carbocycles. The highest BCUT2D eigenvalue weighted by molar-refractivity contribution is 5.09. The van der Waals surface area contributed by atoms with Crippen LogP contribution in [0.2, 0.25) is 0 Å². The van der Waals surface area contributed by atoms with E-state index >= 15 is 0 Å². The normalized spacial score (nSPS) is 12.2. The van der Waals surface area contributed by atoms with E-state index in [4.69, 9.17) is 5.11 Å². The van der Waals surface area contributed by atoms with Crippen LogP contribution < -0.4 is 0 Å². The largest absolute Gasteiger partial charge is 0.516 e. The number of aliphatic hydroxyl groups excluding tert-OH is 1. The monoisotopic (exact) mass is 278 g/mol. The molecule has 0 aliphatic rings. The van der Waals surface area contributed by atoms with Crippen LogP contribution in [0.5, 0.6) is 0 Å². The summed E-state index contributed by atoms with van der Waals surface area (Å²) in [6.45, 7) is 2.28. The average molecular weight is 278 g/mol. The Balaban J connectivity index is 3.09. The molecule has 0 atom stereocenters. The second kappa shape index (κ2) is 18.0. The first kappa shape index (κ1) is 19.0. The molecule has 0 fully saturated rings. The first-order valence-corrected chi connectivity index (χ1v) is 8.54. The zero-order chi connectivity index (χ0) is 14.7. The molecule has 0 aromatic rings. The van der Waals surface area contributed by atoms with Gasteiger partial charge in [0.15, 0.2) is 0 Å². The minimum atomic E-state index is 1.05. The number of hydrogen-bond donors (Lipinski definition) is 1. The van der Waals surface area contributed by atoms with Gasteiger partial charge in [-0.2, -0.15) is 0 Å². The fraction of sp³-hybridized carbons (Fsp3) is 0.684. The van der Waals surface area contributed by atoms with Crippen molar-refractivity contribution >= 4 is 0 Å². The fourth-order valence-corrected chi connectivity index (χ4v) is 2.28. The lowest BCUT2D eigenvalue weighted by atomic mass is 10.1. The van der Waals surface area contributed by atoms with Crippen molar-refractivity contribution in [1.29, 1.82) is 0 Å². The number of aliphatic hydroxyl groups is 1. The standard InChI is InChI=1S/C19H34O/c1-2-3-4-5-6-7-8-9-10-11-12-13-14-15-16-17-18-19-20/h14-20H,2-13H2,1H3/b15-14+,17-16+,19-18+. The summed E-state index contributed by atoms with van der Waals surface area (Å²) in [5, 5.41) is 8.43. The third kappa shape index (κ3) is 17.0. The van der Waals surface area contributed by atoms with Crippen LogP contribution in [0.3, 0.4) is 0 Å². The van der Waals surface area contributed by atoms with Crippen LogP contribution >= 0.6 is 0 Å². The molecule has 0 heterocycles. The Labute approximate surface area is 126 Å². The van der Waals surface area contributed by atoms with E-state index < -0.39 is 0 Å². The fourth-order valence-electron chi connectivity index (χ4n) is 2.28. The molecule has 1 heteroatoms. The summed E-state index contributed by atoms with van der Waals surface area (Å²) in [6.07, 6.45) is 27.3. The minimum absolute atomic E-state index is 1.05. The Morgan fingerprint density at radius 3 is 1.65 bits per heavy atom. The quantitative estimate of drug-likeness (QED) is 0.209. The van der Waals surface area contributed by atoms with Crippen molar-refractivity contribution in [3.8, 4) is 0 Å². The first-order chi connectivity index (χ1) is 9.91. The van der Waals surface area contributed by atoms with Crippen LogP contribution in [-0.4, -0.2) is 5.11 Å². The maximum absolute atomic E-state index is 8.43. The lowest BCUT2D eigenvalue weighted by molar-refractivity contribution is 0.474. The highest BCUT2D eigenvalue weighted by atomic mass is 16.2. The van der Waals surface area contributed by atoms with Crippen molar-refractivity contribution in [3.05, 3.63) is 36.6 Å². The number of hydrogen-bond acceptors (Lipinski definition) is 1. The molecule has 20 heavy (non-hydrogen) atoms. The van der Waals surface area contributed by atoms with E-state index in [1.807, 2.05) is 12.2 Å². The van der Waals surface area contributed by atoms with Gasteiger partial charge >= 0.3 is 0 Å². The highest BCUT2D eigenvalue weighted by Gasteiger charge is 1.92. The van der Waals surface area contributed by atoms with Gasteiger partial charge in [-0.1, -0.05) is 95.4 Å². The van der Waals surface area contributed by atoms with Crippen molar-refractivity contribution in [2.24, 2.45) is 0 Å². The van der Waals surface area contributed by atoms with Crippen molar-refractivity contribution in [1.82, 2.24) is 0 Å². The van der Waals surface area contributed by atoms with Crippen LogP contribution in [0.4, 0.5) is 0 Å². The van der Waals surface area contributed by atoms with Gasteiger partial charge in [0.1, 0.15) is 0 Å². The Morgan fingerprint density at radius 1 is 0.600 bits per heavy atom. The van der Waals surface area contributed by atoms with Crippen molar-refractivity contribution in [2.75, 3.05) is 0 Å². The Bertz CT molecular complexity index is 250. The zero-order valence-corrected chi connectivity index (χ0v) is 13.4. The summed E-state index contributed by atoms with van der Waals surface area (Å²) in [4.78, 5) is 0. The van der Waals surface area contributed by atoms with Crippen LogP contribution in [0.1, 0.15) is 84.0 Å². The van der Waals surface area contributed by atoms with Gasteiger partial charge in [0.2, 0.25) is 0 Å². The molecular formula is C19H34O. The molecular weight excluding hydrogens is 244 g/mol. The third-order valence-corrected chi connectivity index (χ3v) is 3.53. The van der Waals surface area contributed by atoms with Crippen LogP contribution in [0.15, 0.2) is 36.6 Å². The van der Waals surface area contributed by atoms with Crippen molar-refractivity contribution in [2.45, 2.75) is 84.0 Å². The molecule has 1 N–H and O–H groups in total. The third-order valence-electron chi connectivity index (χ3n) is 3.53. The second-order valence-corrected chi connectivity index (χ2v) is 5.48. The van der Waals surface area contributed by atoms with E-state index in [-0.39, 0.29) is 0 Å². The second-order valence-electron chi connectivity index (χ2n) is 5.48. The Hall–Kier alpha value is -0.980. The molecule has 0 saturated heterocycles. The van der Waals surface area contributed by atoms with E-state index in [1.165, 1.54) is 77.0 Å². The summed E-state index contributed by atoms with van der Waals surface area (Å²) in [6, 6.07) is 0. The summed E-state index contributed by atoms with van der Waals surface area (Å²) in [5.41, 5.74) is 0. The molecule has 0 unspecified atom stereocenters. The van der Waals surface area contributed by atoms with Crippen LogP contribution in [0, 0.1) is 0 Å². The van der Waals surface area contributed by atoms with E-state index in [2.05, 4.69) is 19.1 Å². The number of rotatable bonds is 14. The van der Waals surface area contributed by atoms with Crippen LogP contribution in [0.25, 0.3) is 0 Å².